The summed E-state index contributed by atoms with van der Waals surface area (Å²) in [5, 5.41) is 3.09. The van der Waals surface area contributed by atoms with Gasteiger partial charge in [0.25, 0.3) is 5.56 Å². The summed E-state index contributed by atoms with van der Waals surface area (Å²) < 4.78 is 3.25. The maximum atomic E-state index is 13.3. The lowest BCUT2D eigenvalue weighted by Gasteiger charge is -2.12. The Hall–Kier alpha value is -2.88. The number of carbonyl (C=O) groups excluding carboxylic acids is 1. The van der Waals surface area contributed by atoms with Crippen LogP contribution in [0.15, 0.2) is 62.5 Å². The highest BCUT2D eigenvalue weighted by Gasteiger charge is 2.20. The van der Waals surface area contributed by atoms with E-state index in [0.29, 0.717) is 25.4 Å². The Morgan fingerprint density at radius 3 is 2.55 bits per heavy atom. The second-order valence-electron chi connectivity index (χ2n) is 6.71. The van der Waals surface area contributed by atoms with E-state index >= 15 is 0 Å². The van der Waals surface area contributed by atoms with Crippen molar-refractivity contribution >= 4 is 56.6 Å². The molecular weight excluding hydrogens is 456 g/mol. The lowest BCUT2D eigenvalue weighted by atomic mass is 10.2. The highest BCUT2D eigenvalue weighted by atomic mass is 35.5. The number of hydrogen-bond donors (Lipinski definition) is 1. The summed E-state index contributed by atoms with van der Waals surface area (Å²) in [4.78, 5) is 43.6. The van der Waals surface area contributed by atoms with E-state index in [2.05, 4.69) is 10.3 Å². The highest BCUT2D eigenvalue weighted by molar-refractivity contribution is 8.00. The minimum Gasteiger partial charge on any atom is -0.323 e. The summed E-state index contributed by atoms with van der Waals surface area (Å²) in [6.07, 6.45) is 1.84. The van der Waals surface area contributed by atoms with Gasteiger partial charge < -0.3 is 5.32 Å². The van der Waals surface area contributed by atoms with Crippen molar-refractivity contribution in [3.63, 3.8) is 0 Å². The van der Waals surface area contributed by atoms with Crippen LogP contribution in [0.4, 0.5) is 5.69 Å². The molecule has 0 spiro atoms. The second kappa shape index (κ2) is 8.70. The second-order valence-corrected chi connectivity index (χ2v) is 9.17. The predicted octanol–water partition coefficient (Wildman–Crippen LogP) is 3.93. The Balaban J connectivity index is 1.85. The lowest BCUT2D eigenvalue weighted by Crippen LogP contribution is -2.40. The number of benzene rings is 2. The van der Waals surface area contributed by atoms with Crippen molar-refractivity contribution in [1.29, 1.82) is 0 Å². The molecular formula is C21H17ClN4O3S2. The van der Waals surface area contributed by atoms with E-state index in [1.807, 2.05) is 25.3 Å². The average molecular weight is 473 g/mol. The molecule has 1 amide bonds. The van der Waals surface area contributed by atoms with Crippen molar-refractivity contribution in [2.45, 2.75) is 17.8 Å². The van der Waals surface area contributed by atoms with Crippen molar-refractivity contribution in [2.75, 3.05) is 11.6 Å². The third-order valence-corrected chi connectivity index (χ3v) is 6.93. The Morgan fingerprint density at radius 1 is 1.16 bits per heavy atom. The molecule has 0 saturated carbocycles. The molecule has 0 unspecified atom stereocenters. The first-order chi connectivity index (χ1) is 14.9. The Labute approximate surface area is 190 Å². The molecule has 158 valence electrons. The average Bonchev–Trinajstić information content (AvgIpc) is 3.19. The number of fused-ring (bicyclic) bond motifs is 1. The number of thiazole rings is 1. The van der Waals surface area contributed by atoms with Crippen LogP contribution < -0.4 is 16.6 Å². The number of rotatable bonds is 5. The molecule has 0 aliphatic rings. The normalized spacial score (nSPS) is 11.1. The first-order valence-electron chi connectivity index (χ1n) is 9.21. The topological polar surface area (TPSA) is 86.0 Å². The van der Waals surface area contributed by atoms with Crippen LogP contribution in [-0.4, -0.2) is 26.3 Å². The zero-order valence-electron chi connectivity index (χ0n) is 16.6. The van der Waals surface area contributed by atoms with Crippen molar-refractivity contribution < 1.29 is 4.79 Å². The fourth-order valence-corrected chi connectivity index (χ4v) is 4.74. The lowest BCUT2D eigenvalue weighted by molar-refractivity contribution is -0.116. The SMILES string of the molecule is CSc1nc2c(s1)c(=O)n(-c1ccc(C)cc1)c(=O)n2CC(=O)Nc1ccccc1Cl. The van der Waals surface area contributed by atoms with Crippen LogP contribution in [-0.2, 0) is 11.3 Å². The van der Waals surface area contributed by atoms with Crippen LogP contribution in [0.25, 0.3) is 16.0 Å². The number of thioether (sulfide) groups is 1. The summed E-state index contributed by atoms with van der Waals surface area (Å²) in [5.74, 6) is -0.454. The van der Waals surface area contributed by atoms with Gasteiger partial charge in [0.05, 0.1) is 16.4 Å². The van der Waals surface area contributed by atoms with E-state index in [4.69, 9.17) is 11.6 Å². The Morgan fingerprint density at radius 2 is 1.87 bits per heavy atom. The van der Waals surface area contributed by atoms with Gasteiger partial charge in [-0.3, -0.25) is 14.2 Å². The first-order valence-corrected chi connectivity index (χ1v) is 11.6. The molecule has 0 aliphatic heterocycles. The molecule has 0 bridgehead atoms. The number of amides is 1. The summed E-state index contributed by atoms with van der Waals surface area (Å²) in [7, 11) is 0. The van der Waals surface area contributed by atoms with Crippen LogP contribution in [0, 0.1) is 6.92 Å². The first kappa shape index (κ1) is 21.4. The molecule has 0 aliphatic carbocycles. The van der Waals surface area contributed by atoms with E-state index < -0.39 is 17.2 Å². The van der Waals surface area contributed by atoms with Gasteiger partial charge in [-0.05, 0) is 37.4 Å². The minimum atomic E-state index is -0.631. The van der Waals surface area contributed by atoms with E-state index in [1.165, 1.54) is 27.7 Å². The molecule has 2 aromatic heterocycles. The maximum Gasteiger partial charge on any atom is 0.337 e. The standard InChI is InChI=1S/C21H17ClN4O3S2/c1-12-7-9-13(10-8-12)26-19(28)17-18(24-20(30-2)31-17)25(21(26)29)11-16(27)23-15-6-4-3-5-14(15)22/h3-10H,11H2,1-2H3,(H,23,27). The summed E-state index contributed by atoms with van der Waals surface area (Å²) in [5.41, 5.74) is 0.982. The van der Waals surface area contributed by atoms with Crippen LogP contribution in [0.3, 0.4) is 0 Å². The summed E-state index contributed by atoms with van der Waals surface area (Å²) >= 11 is 8.69. The van der Waals surface area contributed by atoms with Gasteiger partial charge in [-0.1, -0.05) is 53.2 Å². The monoisotopic (exact) mass is 472 g/mol. The van der Waals surface area contributed by atoms with Crippen molar-refractivity contribution in [3.05, 3.63) is 80.0 Å². The van der Waals surface area contributed by atoms with Gasteiger partial charge >= 0.3 is 5.69 Å². The molecule has 7 nitrogen and oxygen atoms in total. The van der Waals surface area contributed by atoms with Gasteiger partial charge in [0.1, 0.15) is 11.2 Å². The Bertz CT molecular complexity index is 1410. The number of nitrogens with one attached hydrogen (secondary N) is 1. The van der Waals surface area contributed by atoms with Crippen molar-refractivity contribution in [2.24, 2.45) is 0 Å². The van der Waals surface area contributed by atoms with E-state index in [0.717, 1.165) is 10.1 Å². The van der Waals surface area contributed by atoms with Crippen molar-refractivity contribution in [1.82, 2.24) is 14.1 Å². The molecule has 31 heavy (non-hydrogen) atoms. The third-order valence-electron chi connectivity index (χ3n) is 4.58. The molecule has 0 saturated heterocycles. The molecule has 2 aromatic carbocycles. The highest BCUT2D eigenvalue weighted by Crippen LogP contribution is 2.26. The van der Waals surface area contributed by atoms with Crippen LogP contribution in [0.5, 0.6) is 0 Å². The molecule has 1 N–H and O–H groups in total. The molecule has 0 radical (unpaired) electrons. The van der Waals surface area contributed by atoms with E-state index in [1.54, 1.807) is 36.4 Å². The number of para-hydroxylation sites is 1. The molecule has 4 aromatic rings. The van der Waals surface area contributed by atoms with Gasteiger partial charge in [0.15, 0.2) is 9.99 Å². The molecule has 10 heteroatoms. The van der Waals surface area contributed by atoms with Crippen LogP contribution in [0.2, 0.25) is 5.02 Å². The number of hydrogen-bond acceptors (Lipinski definition) is 6. The van der Waals surface area contributed by atoms with Crippen LogP contribution >= 0.6 is 34.7 Å². The smallest absolute Gasteiger partial charge is 0.323 e. The maximum absolute atomic E-state index is 13.3. The fraction of sp³-hybridized carbons (Fsp3) is 0.143. The fourth-order valence-electron chi connectivity index (χ4n) is 3.06. The number of halogens is 1. The van der Waals surface area contributed by atoms with Gasteiger partial charge in [0.2, 0.25) is 5.91 Å². The molecule has 4 rings (SSSR count). The molecule has 0 fully saturated rings. The minimum absolute atomic E-state index is 0.196. The van der Waals surface area contributed by atoms with E-state index in [9.17, 15) is 14.4 Å². The van der Waals surface area contributed by atoms with Crippen LogP contribution in [0.1, 0.15) is 5.56 Å². The predicted molar refractivity (Wildman–Crippen MR) is 126 cm³/mol. The largest absolute Gasteiger partial charge is 0.337 e. The number of aromatic nitrogens is 3. The van der Waals surface area contributed by atoms with Crippen molar-refractivity contribution in [3.8, 4) is 5.69 Å². The number of anilines is 1. The quantitative estimate of drug-likeness (QED) is 0.445. The van der Waals surface area contributed by atoms with Gasteiger partial charge in [-0.25, -0.2) is 14.3 Å². The zero-order chi connectivity index (χ0) is 22.1. The third kappa shape index (κ3) is 4.16. The number of nitrogens with zero attached hydrogens (tertiary/aromatic N) is 3. The summed E-state index contributed by atoms with van der Waals surface area (Å²) in [6, 6.07) is 13.9. The molecule has 0 atom stereocenters. The number of aryl methyl sites for hydroxylation is 1. The number of carbonyl (C=O) groups is 1. The van der Waals surface area contributed by atoms with Gasteiger partial charge in [-0.15, -0.1) is 11.3 Å². The van der Waals surface area contributed by atoms with Gasteiger partial charge in [0, 0.05) is 0 Å². The Kier molecular flexibility index (Phi) is 5.99. The molecule has 2 heterocycles. The van der Waals surface area contributed by atoms with Gasteiger partial charge in [-0.2, -0.15) is 0 Å². The zero-order valence-corrected chi connectivity index (χ0v) is 19.0. The van der Waals surface area contributed by atoms with E-state index in [-0.39, 0.29) is 12.2 Å². The summed E-state index contributed by atoms with van der Waals surface area (Å²) in [6.45, 7) is 1.60.